The maximum atomic E-state index is 12.5. The van der Waals surface area contributed by atoms with E-state index in [9.17, 15) is 8.42 Å². The Bertz CT molecular complexity index is 677. The number of fused-ring (bicyclic) bond motifs is 1. The molecule has 3 N–H and O–H groups in total. The van der Waals surface area contributed by atoms with Gasteiger partial charge in [0.15, 0.2) is 0 Å². The van der Waals surface area contributed by atoms with Crippen molar-refractivity contribution in [2.75, 3.05) is 0 Å². The van der Waals surface area contributed by atoms with E-state index in [0.29, 0.717) is 9.77 Å². The van der Waals surface area contributed by atoms with Crippen molar-refractivity contribution in [3.05, 3.63) is 29.1 Å². The molecule has 1 unspecified atom stereocenters. The molecule has 0 fully saturated rings. The number of hydrogen-bond donors (Lipinski definition) is 2. The van der Waals surface area contributed by atoms with Gasteiger partial charge in [0.05, 0.1) is 0 Å². The third-order valence-corrected chi connectivity index (χ3v) is 6.08. The van der Waals surface area contributed by atoms with E-state index in [-0.39, 0.29) is 12.6 Å². The van der Waals surface area contributed by atoms with E-state index < -0.39 is 10.0 Å². The topological polar surface area (TPSA) is 72.2 Å². The molecule has 0 radical (unpaired) electrons. The van der Waals surface area contributed by atoms with Crippen LogP contribution in [0.3, 0.4) is 0 Å². The van der Waals surface area contributed by atoms with Crippen LogP contribution in [0.5, 0.6) is 0 Å². The average Bonchev–Trinajstić information content (AvgIpc) is 2.77. The molecule has 0 aliphatic heterocycles. The summed E-state index contributed by atoms with van der Waals surface area (Å²) in [7, 11) is -3.52. The highest BCUT2D eigenvalue weighted by Crippen LogP contribution is 2.34. The lowest BCUT2D eigenvalue weighted by Gasteiger charge is -2.12. The Morgan fingerprint density at radius 1 is 1.37 bits per heavy atom. The first-order valence-corrected chi connectivity index (χ1v) is 8.52. The van der Waals surface area contributed by atoms with E-state index in [1.807, 2.05) is 38.1 Å². The van der Waals surface area contributed by atoms with E-state index in [2.05, 4.69) is 4.72 Å². The maximum absolute atomic E-state index is 12.5. The molecule has 1 heterocycles. The van der Waals surface area contributed by atoms with Crippen LogP contribution in [0.2, 0.25) is 0 Å². The SMILES string of the molecule is CCC(C)NS(=O)(=O)c1c(CN)sc2ccccc12. The van der Waals surface area contributed by atoms with E-state index in [4.69, 9.17) is 5.73 Å². The maximum Gasteiger partial charge on any atom is 0.242 e. The van der Waals surface area contributed by atoms with E-state index in [0.717, 1.165) is 16.5 Å². The van der Waals surface area contributed by atoms with Gasteiger partial charge in [-0.15, -0.1) is 11.3 Å². The van der Waals surface area contributed by atoms with Gasteiger partial charge in [-0.05, 0) is 19.4 Å². The van der Waals surface area contributed by atoms with Crippen LogP contribution in [0.25, 0.3) is 10.1 Å². The van der Waals surface area contributed by atoms with Crippen molar-refractivity contribution < 1.29 is 8.42 Å². The van der Waals surface area contributed by atoms with Crippen LogP contribution in [0.1, 0.15) is 25.1 Å². The Morgan fingerprint density at radius 2 is 2.05 bits per heavy atom. The second-order valence-corrected chi connectivity index (χ2v) is 7.27. The minimum Gasteiger partial charge on any atom is -0.326 e. The zero-order valence-corrected chi connectivity index (χ0v) is 12.6. The van der Waals surface area contributed by atoms with Gasteiger partial charge in [0.25, 0.3) is 0 Å². The molecule has 0 saturated carbocycles. The second-order valence-electron chi connectivity index (χ2n) is 4.49. The van der Waals surface area contributed by atoms with Crippen LogP contribution in [-0.2, 0) is 16.6 Å². The number of thiophene rings is 1. The number of nitrogens with one attached hydrogen (secondary N) is 1. The molecule has 104 valence electrons. The van der Waals surface area contributed by atoms with Gasteiger partial charge in [-0.25, -0.2) is 13.1 Å². The fraction of sp³-hybridized carbons (Fsp3) is 0.385. The molecule has 1 aromatic carbocycles. The Labute approximate surface area is 117 Å². The summed E-state index contributed by atoms with van der Waals surface area (Å²) in [5.41, 5.74) is 5.69. The lowest BCUT2D eigenvalue weighted by atomic mass is 10.2. The lowest BCUT2D eigenvalue weighted by molar-refractivity contribution is 0.556. The van der Waals surface area contributed by atoms with Crippen molar-refractivity contribution in [1.82, 2.24) is 4.72 Å². The minimum absolute atomic E-state index is 0.0886. The summed E-state index contributed by atoms with van der Waals surface area (Å²) in [6.45, 7) is 4.03. The summed E-state index contributed by atoms with van der Waals surface area (Å²) in [4.78, 5) is 1.05. The molecule has 19 heavy (non-hydrogen) atoms. The van der Waals surface area contributed by atoms with Gasteiger partial charge in [-0.3, -0.25) is 0 Å². The molecule has 2 rings (SSSR count). The lowest BCUT2D eigenvalue weighted by Crippen LogP contribution is -2.32. The third kappa shape index (κ3) is 2.81. The normalized spacial score (nSPS) is 13.8. The average molecular weight is 298 g/mol. The first-order valence-electron chi connectivity index (χ1n) is 6.22. The minimum atomic E-state index is -3.52. The van der Waals surface area contributed by atoms with Crippen LogP contribution in [0.15, 0.2) is 29.2 Å². The molecule has 0 saturated heterocycles. The summed E-state index contributed by atoms with van der Waals surface area (Å²) in [5, 5.41) is 0.753. The Morgan fingerprint density at radius 3 is 2.68 bits per heavy atom. The second kappa shape index (κ2) is 5.58. The van der Waals surface area contributed by atoms with Crippen molar-refractivity contribution in [2.24, 2.45) is 5.73 Å². The molecule has 6 heteroatoms. The van der Waals surface area contributed by atoms with Crippen molar-refractivity contribution >= 4 is 31.4 Å². The van der Waals surface area contributed by atoms with Crippen molar-refractivity contribution in [3.63, 3.8) is 0 Å². The highest BCUT2D eigenvalue weighted by atomic mass is 32.2. The molecule has 0 spiro atoms. The predicted molar refractivity (Wildman–Crippen MR) is 79.8 cm³/mol. The monoisotopic (exact) mass is 298 g/mol. The summed E-state index contributed by atoms with van der Waals surface area (Å²) in [6, 6.07) is 7.40. The van der Waals surface area contributed by atoms with Crippen LogP contribution >= 0.6 is 11.3 Å². The predicted octanol–water partition coefficient (Wildman–Crippen LogP) is 2.44. The number of nitrogens with two attached hydrogens (primary N) is 1. The molecule has 0 aliphatic rings. The summed E-state index contributed by atoms with van der Waals surface area (Å²) in [6.07, 6.45) is 0.749. The zero-order valence-electron chi connectivity index (χ0n) is 11.0. The van der Waals surface area contributed by atoms with Gasteiger partial charge in [0.1, 0.15) is 4.90 Å². The van der Waals surface area contributed by atoms with E-state index in [1.165, 1.54) is 11.3 Å². The van der Waals surface area contributed by atoms with E-state index in [1.54, 1.807) is 0 Å². The molecule has 0 bridgehead atoms. The first-order chi connectivity index (χ1) is 8.99. The van der Waals surface area contributed by atoms with Crippen LogP contribution in [-0.4, -0.2) is 14.5 Å². The highest BCUT2D eigenvalue weighted by Gasteiger charge is 2.24. The molecule has 0 aliphatic carbocycles. The molecule has 0 amide bonds. The highest BCUT2D eigenvalue weighted by molar-refractivity contribution is 7.90. The summed E-state index contributed by atoms with van der Waals surface area (Å²) >= 11 is 1.44. The van der Waals surface area contributed by atoms with Crippen molar-refractivity contribution in [2.45, 2.75) is 37.8 Å². The standard InChI is InChI=1S/C13H18N2O2S2/c1-3-9(2)15-19(16,17)13-10-6-4-5-7-11(10)18-12(13)8-14/h4-7,9,15H,3,8,14H2,1-2H3. The zero-order chi connectivity index (χ0) is 14.0. The fourth-order valence-electron chi connectivity index (χ4n) is 1.91. The van der Waals surface area contributed by atoms with Crippen molar-refractivity contribution in [3.8, 4) is 0 Å². The van der Waals surface area contributed by atoms with Gasteiger partial charge in [0, 0.05) is 27.5 Å². The third-order valence-electron chi connectivity index (χ3n) is 3.04. The molecule has 1 aromatic heterocycles. The van der Waals surface area contributed by atoms with Gasteiger partial charge >= 0.3 is 0 Å². The largest absolute Gasteiger partial charge is 0.326 e. The summed E-state index contributed by atoms with van der Waals surface area (Å²) in [5.74, 6) is 0. The van der Waals surface area contributed by atoms with Crippen molar-refractivity contribution in [1.29, 1.82) is 0 Å². The molecular weight excluding hydrogens is 280 g/mol. The van der Waals surface area contributed by atoms with Crippen LogP contribution < -0.4 is 10.5 Å². The Hall–Kier alpha value is -0.950. The van der Waals surface area contributed by atoms with Gasteiger partial charge in [0.2, 0.25) is 10.0 Å². The number of sulfonamides is 1. The number of hydrogen-bond acceptors (Lipinski definition) is 4. The molecule has 2 aromatic rings. The fourth-order valence-corrected chi connectivity index (χ4v) is 5.07. The number of benzene rings is 1. The number of rotatable bonds is 5. The smallest absolute Gasteiger partial charge is 0.242 e. The molecular formula is C13H18N2O2S2. The van der Waals surface area contributed by atoms with Gasteiger partial charge in [-0.1, -0.05) is 25.1 Å². The summed E-state index contributed by atoms with van der Waals surface area (Å²) < 4.78 is 28.6. The first kappa shape index (κ1) is 14.5. The quantitative estimate of drug-likeness (QED) is 0.890. The Kier molecular flexibility index (Phi) is 4.25. The molecule has 4 nitrogen and oxygen atoms in total. The molecule has 1 atom stereocenters. The van der Waals surface area contributed by atoms with Crippen LogP contribution in [0.4, 0.5) is 0 Å². The Balaban J connectivity index is 2.60. The van der Waals surface area contributed by atoms with Gasteiger partial charge in [-0.2, -0.15) is 0 Å². The van der Waals surface area contributed by atoms with Gasteiger partial charge < -0.3 is 5.73 Å². The van der Waals surface area contributed by atoms with E-state index >= 15 is 0 Å². The van der Waals surface area contributed by atoms with Crippen LogP contribution in [0, 0.1) is 0 Å².